The standard InChI is InChI=1S/C14H27NO2/c1-11-8-14(10-16,9-12(2)17-11)15-13-6-4-3-5-7-13/h11-13,15-16H,3-10H2,1-2H3. The molecule has 1 saturated carbocycles. The van der Waals surface area contributed by atoms with Crippen molar-refractivity contribution in [2.45, 2.75) is 82.6 Å². The summed E-state index contributed by atoms with van der Waals surface area (Å²) in [4.78, 5) is 0. The van der Waals surface area contributed by atoms with Gasteiger partial charge in [0.25, 0.3) is 0 Å². The van der Waals surface area contributed by atoms with Gasteiger partial charge in [0.2, 0.25) is 0 Å². The van der Waals surface area contributed by atoms with Crippen molar-refractivity contribution in [3.63, 3.8) is 0 Å². The molecule has 0 spiro atoms. The quantitative estimate of drug-likeness (QED) is 0.796. The van der Waals surface area contributed by atoms with Gasteiger partial charge in [-0.15, -0.1) is 0 Å². The lowest BCUT2D eigenvalue weighted by Gasteiger charge is -2.45. The number of aliphatic hydroxyl groups excluding tert-OH is 1. The number of rotatable bonds is 3. The molecule has 0 aromatic heterocycles. The maximum atomic E-state index is 9.79. The molecule has 2 unspecified atom stereocenters. The summed E-state index contributed by atoms with van der Waals surface area (Å²) in [5, 5.41) is 13.5. The fraction of sp³-hybridized carbons (Fsp3) is 1.00. The molecule has 0 aromatic carbocycles. The Bertz CT molecular complexity index is 228. The molecule has 1 heterocycles. The molecule has 0 radical (unpaired) electrons. The zero-order valence-corrected chi connectivity index (χ0v) is 11.2. The van der Waals surface area contributed by atoms with Crippen molar-refractivity contribution in [1.29, 1.82) is 0 Å². The van der Waals surface area contributed by atoms with E-state index in [4.69, 9.17) is 4.74 Å². The second-order valence-corrected chi connectivity index (χ2v) is 6.08. The Morgan fingerprint density at radius 3 is 2.24 bits per heavy atom. The van der Waals surface area contributed by atoms with Gasteiger partial charge in [-0.3, -0.25) is 0 Å². The molecule has 2 N–H and O–H groups in total. The van der Waals surface area contributed by atoms with Gasteiger partial charge in [0.05, 0.1) is 18.8 Å². The number of aliphatic hydroxyl groups is 1. The minimum absolute atomic E-state index is 0.0981. The first kappa shape index (κ1) is 13.3. The van der Waals surface area contributed by atoms with E-state index in [0.717, 1.165) is 12.8 Å². The Hall–Kier alpha value is -0.120. The fourth-order valence-electron chi connectivity index (χ4n) is 3.65. The van der Waals surface area contributed by atoms with Crippen molar-refractivity contribution >= 4 is 0 Å². The molecule has 2 aliphatic rings. The van der Waals surface area contributed by atoms with Gasteiger partial charge in [0.1, 0.15) is 0 Å². The minimum atomic E-state index is -0.0981. The summed E-state index contributed by atoms with van der Waals surface area (Å²) in [5.74, 6) is 0. The van der Waals surface area contributed by atoms with Gasteiger partial charge in [0.15, 0.2) is 0 Å². The highest BCUT2D eigenvalue weighted by Gasteiger charge is 2.39. The highest BCUT2D eigenvalue weighted by atomic mass is 16.5. The van der Waals surface area contributed by atoms with Gasteiger partial charge in [-0.05, 0) is 39.5 Å². The normalized spacial score (nSPS) is 40.4. The van der Waals surface area contributed by atoms with E-state index < -0.39 is 0 Å². The minimum Gasteiger partial charge on any atom is -0.394 e. The topological polar surface area (TPSA) is 41.5 Å². The predicted octanol–water partition coefficient (Wildman–Crippen LogP) is 2.23. The fourth-order valence-corrected chi connectivity index (χ4v) is 3.65. The summed E-state index contributed by atoms with van der Waals surface area (Å²) >= 11 is 0. The van der Waals surface area contributed by atoms with Crippen LogP contribution in [0.1, 0.15) is 58.8 Å². The van der Waals surface area contributed by atoms with Crippen LogP contribution in [0.15, 0.2) is 0 Å². The van der Waals surface area contributed by atoms with Crippen molar-refractivity contribution < 1.29 is 9.84 Å². The largest absolute Gasteiger partial charge is 0.394 e. The molecule has 2 atom stereocenters. The Kier molecular flexibility index (Phi) is 4.45. The van der Waals surface area contributed by atoms with Gasteiger partial charge in [-0.2, -0.15) is 0 Å². The Labute approximate surface area is 105 Å². The summed E-state index contributed by atoms with van der Waals surface area (Å²) in [5.41, 5.74) is -0.0981. The summed E-state index contributed by atoms with van der Waals surface area (Å²) in [7, 11) is 0. The molecule has 3 heteroatoms. The van der Waals surface area contributed by atoms with Gasteiger partial charge < -0.3 is 15.2 Å². The van der Waals surface area contributed by atoms with E-state index in [2.05, 4.69) is 19.2 Å². The molecule has 1 aliphatic carbocycles. The van der Waals surface area contributed by atoms with E-state index in [9.17, 15) is 5.11 Å². The van der Waals surface area contributed by atoms with Crippen LogP contribution in [0.3, 0.4) is 0 Å². The lowest BCUT2D eigenvalue weighted by molar-refractivity contribution is -0.0847. The first-order valence-corrected chi connectivity index (χ1v) is 7.17. The molecular weight excluding hydrogens is 214 g/mol. The monoisotopic (exact) mass is 241 g/mol. The van der Waals surface area contributed by atoms with Gasteiger partial charge >= 0.3 is 0 Å². The van der Waals surface area contributed by atoms with E-state index in [1.54, 1.807) is 0 Å². The van der Waals surface area contributed by atoms with Crippen LogP contribution in [0.2, 0.25) is 0 Å². The molecular formula is C14H27NO2. The van der Waals surface area contributed by atoms with Crippen molar-refractivity contribution in [1.82, 2.24) is 5.32 Å². The van der Waals surface area contributed by atoms with Gasteiger partial charge in [0, 0.05) is 11.6 Å². The molecule has 17 heavy (non-hydrogen) atoms. The molecule has 3 nitrogen and oxygen atoms in total. The first-order chi connectivity index (χ1) is 8.13. The van der Waals surface area contributed by atoms with Crippen molar-refractivity contribution in [2.24, 2.45) is 0 Å². The SMILES string of the molecule is CC1CC(CO)(NC2CCCCC2)CC(C)O1. The highest BCUT2D eigenvalue weighted by molar-refractivity contribution is 4.96. The van der Waals surface area contributed by atoms with Gasteiger partial charge in [-0.25, -0.2) is 0 Å². The number of ether oxygens (including phenoxy) is 1. The summed E-state index contributed by atoms with van der Waals surface area (Å²) in [6.45, 7) is 4.47. The maximum absolute atomic E-state index is 9.79. The van der Waals surface area contributed by atoms with E-state index in [1.807, 2.05) is 0 Å². The van der Waals surface area contributed by atoms with Crippen molar-refractivity contribution in [3.8, 4) is 0 Å². The van der Waals surface area contributed by atoms with Crippen LogP contribution in [0, 0.1) is 0 Å². The number of hydrogen-bond acceptors (Lipinski definition) is 3. The number of nitrogens with one attached hydrogen (secondary N) is 1. The third-order valence-corrected chi connectivity index (χ3v) is 4.24. The predicted molar refractivity (Wildman–Crippen MR) is 69.1 cm³/mol. The number of hydrogen-bond donors (Lipinski definition) is 2. The smallest absolute Gasteiger partial charge is 0.0615 e. The molecule has 1 aliphatic heterocycles. The molecule has 0 bridgehead atoms. The van der Waals surface area contributed by atoms with Crippen LogP contribution >= 0.6 is 0 Å². The Morgan fingerprint density at radius 1 is 1.12 bits per heavy atom. The average molecular weight is 241 g/mol. The molecule has 1 saturated heterocycles. The highest BCUT2D eigenvalue weighted by Crippen LogP contribution is 2.31. The average Bonchev–Trinajstić information content (AvgIpc) is 2.29. The Balaban J connectivity index is 1.97. The van der Waals surface area contributed by atoms with E-state index in [0.29, 0.717) is 6.04 Å². The second-order valence-electron chi connectivity index (χ2n) is 6.08. The van der Waals surface area contributed by atoms with Crippen LogP contribution in [-0.4, -0.2) is 35.5 Å². The Morgan fingerprint density at radius 2 is 1.71 bits per heavy atom. The second kappa shape index (κ2) is 5.68. The third-order valence-electron chi connectivity index (χ3n) is 4.24. The van der Waals surface area contributed by atoms with Crippen molar-refractivity contribution in [3.05, 3.63) is 0 Å². The lowest BCUT2D eigenvalue weighted by Crippen LogP contribution is -2.59. The molecule has 0 aromatic rings. The van der Waals surface area contributed by atoms with E-state index >= 15 is 0 Å². The van der Waals surface area contributed by atoms with Crippen LogP contribution < -0.4 is 5.32 Å². The summed E-state index contributed by atoms with van der Waals surface area (Å²) < 4.78 is 5.78. The first-order valence-electron chi connectivity index (χ1n) is 7.17. The molecule has 100 valence electrons. The zero-order chi connectivity index (χ0) is 12.3. The summed E-state index contributed by atoms with van der Waals surface area (Å²) in [6.07, 6.45) is 8.96. The molecule has 0 amide bonds. The summed E-state index contributed by atoms with van der Waals surface area (Å²) in [6, 6.07) is 0.605. The zero-order valence-electron chi connectivity index (χ0n) is 11.2. The molecule has 2 rings (SSSR count). The van der Waals surface area contributed by atoms with E-state index in [1.165, 1.54) is 32.1 Å². The van der Waals surface area contributed by atoms with Crippen LogP contribution in [-0.2, 0) is 4.74 Å². The lowest BCUT2D eigenvalue weighted by atomic mass is 9.82. The van der Waals surface area contributed by atoms with Crippen LogP contribution in [0.4, 0.5) is 0 Å². The van der Waals surface area contributed by atoms with Crippen LogP contribution in [0.5, 0.6) is 0 Å². The third kappa shape index (κ3) is 3.43. The molecule has 2 fully saturated rings. The van der Waals surface area contributed by atoms with E-state index in [-0.39, 0.29) is 24.4 Å². The van der Waals surface area contributed by atoms with Gasteiger partial charge in [-0.1, -0.05) is 19.3 Å². The van der Waals surface area contributed by atoms with Crippen molar-refractivity contribution in [2.75, 3.05) is 6.61 Å². The van der Waals surface area contributed by atoms with Crippen LogP contribution in [0.25, 0.3) is 0 Å². The maximum Gasteiger partial charge on any atom is 0.0615 e.